The average Bonchev–Trinajstić information content (AvgIpc) is 2.41. The molecule has 1 aromatic heterocycles. The van der Waals surface area contributed by atoms with Crippen molar-refractivity contribution < 1.29 is 9.21 Å². The molecule has 1 heterocycles. The molecule has 50 valence electrons. The van der Waals surface area contributed by atoms with Crippen LogP contribution in [-0.4, -0.2) is 10.8 Å². The first-order chi connectivity index (χ1) is 4.79. The number of nitrogens with zero attached hydrogens (tertiary/aromatic N) is 1. The Bertz CT molecular complexity index is 311. The number of hydrogen-bond acceptors (Lipinski definition) is 3. The number of ketones is 1. The number of oxazole rings is 1. The van der Waals surface area contributed by atoms with E-state index in [-0.39, 0.29) is 5.78 Å². The lowest BCUT2D eigenvalue weighted by Crippen LogP contribution is -1.92. The summed E-state index contributed by atoms with van der Waals surface area (Å²) in [6.07, 6.45) is 1.66. The van der Waals surface area contributed by atoms with Gasteiger partial charge in [-0.25, -0.2) is 4.98 Å². The standard InChI is InChI=1S/C7H5NO2/c1-4-5(9)2-6-7(4)8-3-10-6/h3H,1-2H2. The van der Waals surface area contributed by atoms with Crippen LogP contribution < -0.4 is 0 Å². The summed E-state index contributed by atoms with van der Waals surface area (Å²) in [5.74, 6) is 0.664. The maximum atomic E-state index is 10.9. The second-order valence-electron chi connectivity index (χ2n) is 2.20. The molecule has 0 amide bonds. The van der Waals surface area contributed by atoms with E-state index in [1.165, 1.54) is 6.39 Å². The third kappa shape index (κ3) is 0.492. The molecule has 10 heavy (non-hydrogen) atoms. The Labute approximate surface area is 57.4 Å². The summed E-state index contributed by atoms with van der Waals surface area (Å²) in [5.41, 5.74) is 1.11. The van der Waals surface area contributed by atoms with Gasteiger partial charge in [0, 0.05) is 5.57 Å². The van der Waals surface area contributed by atoms with Crippen LogP contribution in [0.2, 0.25) is 0 Å². The predicted octanol–water partition coefficient (Wildman–Crippen LogP) is 0.813. The Morgan fingerprint density at radius 1 is 1.70 bits per heavy atom. The topological polar surface area (TPSA) is 43.1 Å². The second-order valence-corrected chi connectivity index (χ2v) is 2.20. The summed E-state index contributed by atoms with van der Waals surface area (Å²) >= 11 is 0. The molecule has 0 saturated heterocycles. The summed E-state index contributed by atoms with van der Waals surface area (Å²) < 4.78 is 4.92. The molecule has 0 unspecified atom stereocenters. The molecule has 1 aliphatic carbocycles. The molecule has 1 aliphatic rings. The van der Waals surface area contributed by atoms with E-state index >= 15 is 0 Å². The zero-order chi connectivity index (χ0) is 7.14. The summed E-state index contributed by atoms with van der Waals surface area (Å²) in [6, 6.07) is 0. The van der Waals surface area contributed by atoms with Gasteiger partial charge >= 0.3 is 0 Å². The van der Waals surface area contributed by atoms with E-state index in [2.05, 4.69) is 11.6 Å². The molecule has 0 saturated carbocycles. The first kappa shape index (κ1) is 5.41. The van der Waals surface area contributed by atoms with E-state index in [9.17, 15) is 4.79 Å². The maximum Gasteiger partial charge on any atom is 0.181 e. The van der Waals surface area contributed by atoms with Gasteiger partial charge in [0.1, 0.15) is 11.5 Å². The van der Waals surface area contributed by atoms with Crippen molar-refractivity contribution in [2.75, 3.05) is 0 Å². The Morgan fingerprint density at radius 2 is 2.50 bits per heavy atom. The molecule has 2 rings (SSSR count). The SMILES string of the molecule is C=C1C(=O)Cc2ocnc21. The number of carbonyl (C=O) groups is 1. The number of hydrogen-bond donors (Lipinski definition) is 0. The first-order valence-electron chi connectivity index (χ1n) is 2.94. The molecular weight excluding hydrogens is 130 g/mol. The minimum Gasteiger partial charge on any atom is -0.447 e. The molecule has 0 aliphatic heterocycles. The van der Waals surface area contributed by atoms with Gasteiger partial charge in [-0.05, 0) is 0 Å². The van der Waals surface area contributed by atoms with E-state index in [0.29, 0.717) is 23.4 Å². The molecule has 3 heteroatoms. The van der Waals surface area contributed by atoms with Crippen LogP contribution in [0.25, 0.3) is 5.57 Å². The highest BCUT2D eigenvalue weighted by molar-refractivity contribution is 6.23. The number of fused-ring (bicyclic) bond motifs is 1. The molecule has 0 spiro atoms. The van der Waals surface area contributed by atoms with E-state index in [4.69, 9.17) is 4.42 Å². The van der Waals surface area contributed by atoms with E-state index in [1.54, 1.807) is 0 Å². The van der Waals surface area contributed by atoms with Gasteiger partial charge in [-0.15, -0.1) is 0 Å². The fourth-order valence-corrected chi connectivity index (χ4v) is 1.03. The van der Waals surface area contributed by atoms with Gasteiger partial charge in [-0.3, -0.25) is 4.79 Å². The van der Waals surface area contributed by atoms with Crippen LogP contribution >= 0.6 is 0 Å². The number of Topliss-reactive ketones (excluding diaryl/α,β-unsaturated/α-hetero) is 1. The summed E-state index contributed by atoms with van der Waals surface area (Å²) in [5, 5.41) is 0. The van der Waals surface area contributed by atoms with Gasteiger partial charge in [0.15, 0.2) is 12.2 Å². The van der Waals surface area contributed by atoms with Crippen molar-refractivity contribution in [1.29, 1.82) is 0 Å². The third-order valence-corrected chi connectivity index (χ3v) is 1.58. The van der Waals surface area contributed by atoms with Crippen molar-refractivity contribution in [3.8, 4) is 0 Å². The molecule has 0 aromatic carbocycles. The summed E-state index contributed by atoms with van der Waals surface area (Å²) in [7, 11) is 0. The van der Waals surface area contributed by atoms with Crippen LogP contribution in [0.1, 0.15) is 11.5 Å². The fraction of sp³-hybridized carbons (Fsp3) is 0.143. The zero-order valence-corrected chi connectivity index (χ0v) is 5.26. The molecule has 0 atom stereocenters. The number of allylic oxidation sites excluding steroid dienone is 1. The fourth-order valence-electron chi connectivity index (χ4n) is 1.03. The quantitative estimate of drug-likeness (QED) is 0.494. The van der Waals surface area contributed by atoms with Crippen molar-refractivity contribution in [1.82, 2.24) is 4.98 Å². The van der Waals surface area contributed by atoms with Crippen molar-refractivity contribution in [2.24, 2.45) is 0 Å². The lowest BCUT2D eigenvalue weighted by atomic mass is 10.2. The monoisotopic (exact) mass is 135 g/mol. The molecule has 0 N–H and O–H groups in total. The van der Waals surface area contributed by atoms with Crippen molar-refractivity contribution in [2.45, 2.75) is 6.42 Å². The Kier molecular flexibility index (Phi) is 0.845. The van der Waals surface area contributed by atoms with E-state index in [1.807, 2.05) is 0 Å². The van der Waals surface area contributed by atoms with Crippen molar-refractivity contribution in [3.05, 3.63) is 24.4 Å². The Hall–Kier alpha value is -1.38. The Morgan fingerprint density at radius 3 is 3.20 bits per heavy atom. The van der Waals surface area contributed by atoms with Crippen LogP contribution in [-0.2, 0) is 11.2 Å². The zero-order valence-electron chi connectivity index (χ0n) is 5.26. The largest absolute Gasteiger partial charge is 0.447 e. The normalized spacial score (nSPS) is 16.0. The van der Waals surface area contributed by atoms with E-state index < -0.39 is 0 Å². The van der Waals surface area contributed by atoms with Gasteiger partial charge in [0.25, 0.3) is 0 Å². The lowest BCUT2D eigenvalue weighted by Gasteiger charge is -1.83. The van der Waals surface area contributed by atoms with Gasteiger partial charge in [-0.2, -0.15) is 0 Å². The average molecular weight is 135 g/mol. The van der Waals surface area contributed by atoms with Crippen molar-refractivity contribution in [3.63, 3.8) is 0 Å². The molecule has 3 nitrogen and oxygen atoms in total. The van der Waals surface area contributed by atoms with E-state index in [0.717, 1.165) is 0 Å². The van der Waals surface area contributed by atoms with Crippen LogP contribution in [0, 0.1) is 0 Å². The predicted molar refractivity (Wildman–Crippen MR) is 34.2 cm³/mol. The molecular formula is C7H5NO2. The van der Waals surface area contributed by atoms with Crippen molar-refractivity contribution >= 4 is 11.4 Å². The Balaban J connectivity index is 2.63. The second kappa shape index (κ2) is 1.56. The minimum absolute atomic E-state index is 0.0156. The molecule has 1 aromatic rings. The smallest absolute Gasteiger partial charge is 0.181 e. The van der Waals surface area contributed by atoms with Gasteiger partial charge < -0.3 is 4.42 Å². The maximum absolute atomic E-state index is 10.9. The third-order valence-electron chi connectivity index (χ3n) is 1.58. The minimum atomic E-state index is 0.0156. The van der Waals surface area contributed by atoms with Gasteiger partial charge in [-0.1, -0.05) is 6.58 Å². The van der Waals surface area contributed by atoms with Gasteiger partial charge in [0.05, 0.1) is 6.42 Å². The highest BCUT2D eigenvalue weighted by Crippen LogP contribution is 2.25. The highest BCUT2D eigenvalue weighted by atomic mass is 16.3. The highest BCUT2D eigenvalue weighted by Gasteiger charge is 2.26. The lowest BCUT2D eigenvalue weighted by molar-refractivity contribution is -0.112. The van der Waals surface area contributed by atoms with Gasteiger partial charge in [0.2, 0.25) is 0 Å². The molecule has 0 bridgehead atoms. The molecule has 0 radical (unpaired) electrons. The number of aromatic nitrogens is 1. The first-order valence-corrected chi connectivity index (χ1v) is 2.94. The van der Waals surface area contributed by atoms with Crippen LogP contribution in [0.3, 0.4) is 0 Å². The molecule has 0 fully saturated rings. The number of carbonyl (C=O) groups excluding carboxylic acids is 1. The van der Waals surface area contributed by atoms with Crippen LogP contribution in [0.15, 0.2) is 17.4 Å². The number of rotatable bonds is 0. The van der Waals surface area contributed by atoms with Crippen LogP contribution in [0.5, 0.6) is 0 Å². The summed E-state index contributed by atoms with van der Waals surface area (Å²) in [4.78, 5) is 14.7. The van der Waals surface area contributed by atoms with Crippen LogP contribution in [0.4, 0.5) is 0 Å². The summed E-state index contributed by atoms with van der Waals surface area (Å²) in [6.45, 7) is 3.58.